The molecule has 32 heavy (non-hydrogen) atoms. The molecule has 0 spiro atoms. The van der Waals surface area contributed by atoms with Crippen molar-refractivity contribution < 1.29 is 0 Å². The first-order valence-corrected chi connectivity index (χ1v) is 11.9. The number of benzene rings is 3. The molecule has 3 aromatic carbocycles. The lowest BCUT2D eigenvalue weighted by molar-refractivity contribution is 0.463. The Morgan fingerprint density at radius 2 is 1.00 bits per heavy atom. The second kappa shape index (κ2) is 10.1. The lowest BCUT2D eigenvalue weighted by atomic mass is 9.85. The van der Waals surface area contributed by atoms with Gasteiger partial charge in [0.1, 0.15) is 0 Å². The Morgan fingerprint density at radius 1 is 0.594 bits per heavy atom. The van der Waals surface area contributed by atoms with E-state index in [9.17, 15) is 0 Å². The highest BCUT2D eigenvalue weighted by Crippen LogP contribution is 2.34. The summed E-state index contributed by atoms with van der Waals surface area (Å²) in [4.78, 5) is 4.30. The van der Waals surface area contributed by atoms with Crippen LogP contribution < -0.4 is 15.1 Å². The molecular weight excluding hydrogens is 390 g/mol. The lowest BCUT2D eigenvalue weighted by Gasteiger charge is -2.25. The second-order valence-electron chi connectivity index (χ2n) is 9.51. The number of anilines is 3. The molecule has 3 aromatic rings. The summed E-state index contributed by atoms with van der Waals surface area (Å²) >= 11 is 0. The van der Waals surface area contributed by atoms with Crippen molar-refractivity contribution in [3.63, 3.8) is 0 Å². The molecule has 0 aromatic heterocycles. The van der Waals surface area contributed by atoms with Crippen LogP contribution in [0.2, 0.25) is 0 Å². The van der Waals surface area contributed by atoms with E-state index in [1.54, 1.807) is 0 Å². The number of rotatable bonds is 7. The zero-order valence-corrected chi connectivity index (χ0v) is 20.0. The van der Waals surface area contributed by atoms with Crippen LogP contribution in [0.3, 0.4) is 0 Å². The van der Waals surface area contributed by atoms with E-state index in [1.807, 2.05) is 0 Å². The third-order valence-corrected chi connectivity index (χ3v) is 6.71. The molecule has 0 radical (unpaired) electrons. The molecule has 168 valence electrons. The largest absolute Gasteiger partial charge is 0.382 e. The molecule has 1 saturated carbocycles. The first-order chi connectivity index (χ1) is 15.5. The van der Waals surface area contributed by atoms with Gasteiger partial charge in [0.05, 0.1) is 0 Å². The summed E-state index contributed by atoms with van der Waals surface area (Å²) in [6.45, 7) is 0. The van der Waals surface area contributed by atoms with Crippen LogP contribution in [0, 0.1) is 0 Å². The molecule has 1 aliphatic rings. The Morgan fingerprint density at radius 3 is 1.41 bits per heavy atom. The van der Waals surface area contributed by atoms with Gasteiger partial charge in [-0.3, -0.25) is 0 Å². The highest BCUT2D eigenvalue weighted by atomic mass is 15.1. The second-order valence-corrected chi connectivity index (χ2v) is 9.51. The van der Waals surface area contributed by atoms with Crippen LogP contribution in [-0.4, -0.2) is 34.2 Å². The quantitative estimate of drug-likeness (QED) is 0.421. The van der Waals surface area contributed by atoms with Crippen molar-refractivity contribution in [2.24, 2.45) is 0 Å². The number of hydrogen-bond donors (Lipinski definition) is 1. The molecule has 1 N–H and O–H groups in total. The van der Waals surface area contributed by atoms with Gasteiger partial charge in [-0.15, -0.1) is 0 Å². The van der Waals surface area contributed by atoms with E-state index in [-0.39, 0.29) is 5.92 Å². The van der Waals surface area contributed by atoms with Crippen LogP contribution >= 0.6 is 0 Å². The SMILES string of the molecule is CN(C)c1ccc(C(c2ccc(NC3CCCCC3)cc2)c2ccc(N(C)C)cc2)cc1. The zero-order valence-electron chi connectivity index (χ0n) is 20.0. The number of hydrogen-bond acceptors (Lipinski definition) is 3. The monoisotopic (exact) mass is 427 g/mol. The molecule has 4 rings (SSSR count). The van der Waals surface area contributed by atoms with Gasteiger partial charge >= 0.3 is 0 Å². The molecule has 0 bridgehead atoms. The van der Waals surface area contributed by atoms with Crippen LogP contribution in [0.1, 0.15) is 54.7 Å². The molecular formula is C29H37N3. The van der Waals surface area contributed by atoms with E-state index in [2.05, 4.69) is 116 Å². The van der Waals surface area contributed by atoms with Gasteiger partial charge in [-0.1, -0.05) is 55.7 Å². The average Bonchev–Trinajstić information content (AvgIpc) is 2.82. The third-order valence-electron chi connectivity index (χ3n) is 6.71. The highest BCUT2D eigenvalue weighted by molar-refractivity contribution is 5.55. The van der Waals surface area contributed by atoms with Gasteiger partial charge in [0.15, 0.2) is 0 Å². The van der Waals surface area contributed by atoms with Gasteiger partial charge < -0.3 is 15.1 Å². The maximum absolute atomic E-state index is 3.76. The van der Waals surface area contributed by atoms with E-state index in [1.165, 1.54) is 65.9 Å². The van der Waals surface area contributed by atoms with Crippen molar-refractivity contribution >= 4 is 17.1 Å². The van der Waals surface area contributed by atoms with Crippen LogP contribution in [0.5, 0.6) is 0 Å². The maximum atomic E-state index is 3.76. The van der Waals surface area contributed by atoms with Gasteiger partial charge in [-0.05, 0) is 65.9 Å². The minimum atomic E-state index is 0.214. The topological polar surface area (TPSA) is 18.5 Å². The van der Waals surface area contributed by atoms with Gasteiger partial charge in [0.25, 0.3) is 0 Å². The minimum Gasteiger partial charge on any atom is -0.382 e. The van der Waals surface area contributed by atoms with Crippen molar-refractivity contribution in [1.82, 2.24) is 0 Å². The number of nitrogens with one attached hydrogen (secondary N) is 1. The van der Waals surface area contributed by atoms with Crippen molar-refractivity contribution in [1.29, 1.82) is 0 Å². The summed E-state index contributed by atoms with van der Waals surface area (Å²) in [5, 5.41) is 3.76. The molecule has 0 aliphatic heterocycles. The highest BCUT2D eigenvalue weighted by Gasteiger charge is 2.18. The Labute approximate surface area is 194 Å². The Hall–Kier alpha value is -2.94. The van der Waals surface area contributed by atoms with Crippen LogP contribution in [0.25, 0.3) is 0 Å². The zero-order chi connectivity index (χ0) is 22.5. The maximum Gasteiger partial charge on any atom is 0.0361 e. The van der Waals surface area contributed by atoms with Gasteiger partial charge in [0.2, 0.25) is 0 Å². The molecule has 0 heterocycles. The first-order valence-electron chi connectivity index (χ1n) is 11.9. The third kappa shape index (κ3) is 5.27. The molecule has 3 nitrogen and oxygen atoms in total. The van der Waals surface area contributed by atoms with E-state index in [0.717, 1.165) is 0 Å². The summed E-state index contributed by atoms with van der Waals surface area (Å²) in [7, 11) is 8.35. The van der Waals surface area contributed by atoms with Gasteiger partial charge in [-0.2, -0.15) is 0 Å². The van der Waals surface area contributed by atoms with Crippen LogP contribution in [0.15, 0.2) is 72.8 Å². The molecule has 0 saturated heterocycles. The summed E-state index contributed by atoms with van der Waals surface area (Å²) in [5.74, 6) is 0.214. The standard InChI is InChI=1S/C29H37N3/c1-31(2)27-18-12-23(13-19-27)29(24-14-20-28(21-15-24)32(3)4)22-10-16-26(17-11-22)30-25-8-6-5-7-9-25/h10-21,25,29-30H,5-9H2,1-4H3. The van der Waals surface area contributed by atoms with Crippen molar-refractivity contribution in [2.75, 3.05) is 43.3 Å². The molecule has 0 unspecified atom stereocenters. The molecule has 1 fully saturated rings. The van der Waals surface area contributed by atoms with E-state index < -0.39 is 0 Å². The summed E-state index contributed by atoms with van der Waals surface area (Å²) in [5.41, 5.74) is 7.66. The predicted octanol–water partition coefficient (Wildman–Crippen LogP) is 6.74. The van der Waals surface area contributed by atoms with Crippen LogP contribution in [0.4, 0.5) is 17.1 Å². The lowest BCUT2D eigenvalue weighted by Crippen LogP contribution is -2.22. The average molecular weight is 428 g/mol. The summed E-state index contributed by atoms with van der Waals surface area (Å²) < 4.78 is 0. The smallest absolute Gasteiger partial charge is 0.0361 e. The Bertz CT molecular complexity index is 915. The number of nitrogens with zero attached hydrogens (tertiary/aromatic N) is 2. The van der Waals surface area contributed by atoms with Gasteiger partial charge in [-0.25, -0.2) is 0 Å². The molecule has 1 aliphatic carbocycles. The Balaban J connectivity index is 1.63. The van der Waals surface area contributed by atoms with Crippen LogP contribution in [-0.2, 0) is 0 Å². The molecule has 0 atom stereocenters. The van der Waals surface area contributed by atoms with Crippen molar-refractivity contribution in [2.45, 2.75) is 44.1 Å². The fourth-order valence-electron chi connectivity index (χ4n) is 4.76. The predicted molar refractivity (Wildman–Crippen MR) is 139 cm³/mol. The van der Waals surface area contributed by atoms with E-state index >= 15 is 0 Å². The van der Waals surface area contributed by atoms with Crippen molar-refractivity contribution in [3.05, 3.63) is 89.5 Å². The van der Waals surface area contributed by atoms with Gasteiger partial charge in [0, 0.05) is 57.2 Å². The Kier molecular flexibility index (Phi) is 7.04. The molecule has 0 amide bonds. The van der Waals surface area contributed by atoms with E-state index in [4.69, 9.17) is 0 Å². The molecule has 3 heteroatoms. The summed E-state index contributed by atoms with van der Waals surface area (Å²) in [6, 6.07) is 27.7. The fourth-order valence-corrected chi connectivity index (χ4v) is 4.76. The summed E-state index contributed by atoms with van der Waals surface area (Å²) in [6.07, 6.45) is 6.67. The van der Waals surface area contributed by atoms with E-state index in [0.29, 0.717) is 6.04 Å². The van der Waals surface area contributed by atoms with Crippen molar-refractivity contribution in [3.8, 4) is 0 Å². The minimum absolute atomic E-state index is 0.214. The first kappa shape index (κ1) is 22.3. The normalized spacial score (nSPS) is 14.4. The fraction of sp³-hybridized carbons (Fsp3) is 0.379.